The Kier molecular flexibility index (Phi) is 5.48. The first-order chi connectivity index (χ1) is 12.8. The molecule has 0 radical (unpaired) electrons. The smallest absolute Gasteiger partial charge is 0.266 e. The van der Waals surface area contributed by atoms with E-state index in [1.165, 1.54) is 42.5 Å². The molecule has 0 spiro atoms. The third-order valence-corrected chi connectivity index (χ3v) is 6.26. The van der Waals surface area contributed by atoms with Crippen LogP contribution < -0.4 is 5.32 Å². The van der Waals surface area contributed by atoms with Crippen LogP contribution in [0.1, 0.15) is 5.56 Å². The van der Waals surface area contributed by atoms with E-state index in [-0.39, 0.29) is 23.4 Å². The highest BCUT2D eigenvalue weighted by atomic mass is 35.5. The molecule has 1 saturated heterocycles. The molecule has 1 unspecified atom stereocenters. The monoisotopic (exact) mass is 410 g/mol. The van der Waals surface area contributed by atoms with Crippen LogP contribution in [0.25, 0.3) is 0 Å². The van der Waals surface area contributed by atoms with Crippen LogP contribution in [-0.2, 0) is 26.0 Å². The van der Waals surface area contributed by atoms with Crippen LogP contribution >= 0.6 is 11.6 Å². The van der Waals surface area contributed by atoms with Gasteiger partial charge in [-0.25, -0.2) is 17.1 Å². The molecule has 27 heavy (non-hydrogen) atoms. The van der Waals surface area contributed by atoms with Crippen LogP contribution in [0.3, 0.4) is 0 Å². The second-order valence-corrected chi connectivity index (χ2v) is 8.40. The lowest BCUT2D eigenvalue weighted by atomic mass is 9.98. The summed E-state index contributed by atoms with van der Waals surface area (Å²) >= 11 is 5.78. The summed E-state index contributed by atoms with van der Waals surface area (Å²) in [6, 6.07) is 11.2. The lowest BCUT2D eigenvalue weighted by Crippen LogP contribution is -2.42. The first kappa shape index (κ1) is 19.3. The number of hydrogen-bond donors (Lipinski definition) is 1. The van der Waals surface area contributed by atoms with Crippen molar-refractivity contribution in [2.45, 2.75) is 11.3 Å². The highest BCUT2D eigenvalue weighted by Crippen LogP contribution is 2.23. The van der Waals surface area contributed by atoms with Gasteiger partial charge in [0.15, 0.2) is 0 Å². The molecule has 6 nitrogen and oxygen atoms in total. The molecule has 0 saturated carbocycles. The van der Waals surface area contributed by atoms with Gasteiger partial charge in [-0.3, -0.25) is 9.59 Å². The van der Waals surface area contributed by atoms with Gasteiger partial charge >= 0.3 is 0 Å². The third kappa shape index (κ3) is 4.12. The molecule has 9 heteroatoms. The number of rotatable bonds is 4. The van der Waals surface area contributed by atoms with Crippen LogP contribution in [0.4, 0.5) is 4.39 Å². The van der Waals surface area contributed by atoms with E-state index in [0.29, 0.717) is 9.33 Å². The second-order valence-electron chi connectivity index (χ2n) is 6.10. The fourth-order valence-corrected chi connectivity index (χ4v) is 4.35. The Balaban J connectivity index is 1.94. The highest BCUT2D eigenvalue weighted by Gasteiger charge is 2.38. The van der Waals surface area contributed by atoms with Gasteiger partial charge in [0.25, 0.3) is 10.0 Å². The van der Waals surface area contributed by atoms with E-state index in [9.17, 15) is 22.4 Å². The Morgan fingerprint density at radius 3 is 2.44 bits per heavy atom. The molecule has 2 aromatic carbocycles. The maximum atomic E-state index is 13.9. The molecule has 0 bridgehead atoms. The second kappa shape index (κ2) is 7.66. The number of amides is 2. The molecule has 1 aliphatic heterocycles. The summed E-state index contributed by atoms with van der Waals surface area (Å²) < 4.78 is 40.2. The normalized spacial score (nSPS) is 18.1. The van der Waals surface area contributed by atoms with Gasteiger partial charge in [-0.1, -0.05) is 29.8 Å². The van der Waals surface area contributed by atoms with Crippen molar-refractivity contribution >= 4 is 33.4 Å². The molecule has 2 aromatic rings. The molecule has 3 rings (SSSR count). The van der Waals surface area contributed by atoms with Gasteiger partial charge in [0, 0.05) is 11.6 Å². The number of carbonyl (C=O) groups excluding carboxylic acids is 2. The third-order valence-electron chi connectivity index (χ3n) is 4.25. The Hall–Kier alpha value is -2.45. The van der Waals surface area contributed by atoms with Crippen molar-refractivity contribution in [3.8, 4) is 0 Å². The van der Waals surface area contributed by atoms with Gasteiger partial charge in [-0.2, -0.15) is 0 Å². The van der Waals surface area contributed by atoms with Crippen molar-refractivity contribution in [3.05, 3.63) is 64.9 Å². The molecular formula is C18H16ClFN2O4S. The zero-order valence-corrected chi connectivity index (χ0v) is 15.6. The maximum Gasteiger partial charge on any atom is 0.266 e. The fraction of sp³-hybridized carbons (Fsp3) is 0.222. The molecule has 1 fully saturated rings. The Morgan fingerprint density at radius 2 is 1.78 bits per heavy atom. The predicted molar refractivity (Wildman–Crippen MR) is 97.0 cm³/mol. The summed E-state index contributed by atoms with van der Waals surface area (Å²) in [5.74, 6) is -2.76. The van der Waals surface area contributed by atoms with E-state index < -0.39 is 40.1 Å². The number of nitrogens with zero attached hydrogens (tertiary/aromatic N) is 1. The molecule has 1 N–H and O–H groups in total. The number of sulfonamides is 1. The number of halogens is 2. The average molecular weight is 411 g/mol. The van der Waals surface area contributed by atoms with Crippen molar-refractivity contribution < 1.29 is 22.4 Å². The quantitative estimate of drug-likeness (QED) is 0.835. The number of benzene rings is 2. The summed E-state index contributed by atoms with van der Waals surface area (Å²) in [5.41, 5.74) is 0.274. The standard InChI is InChI=1S/C18H16ClFN2O4S/c19-14-5-7-15(8-6-14)27(25,26)22-11-17(23)21-10-13(18(22)24)9-12-3-1-2-4-16(12)20/h1-8,13H,9-11H2,(H,21,23). The summed E-state index contributed by atoms with van der Waals surface area (Å²) in [5, 5.41) is 2.86. The number of carbonyl (C=O) groups is 2. The van der Waals surface area contributed by atoms with Gasteiger partial charge < -0.3 is 5.32 Å². The first-order valence-electron chi connectivity index (χ1n) is 8.11. The van der Waals surface area contributed by atoms with Gasteiger partial charge in [0.2, 0.25) is 11.8 Å². The van der Waals surface area contributed by atoms with Crippen molar-refractivity contribution in [1.82, 2.24) is 9.62 Å². The lowest BCUT2D eigenvalue weighted by Gasteiger charge is -2.23. The summed E-state index contributed by atoms with van der Waals surface area (Å²) in [4.78, 5) is 24.7. The lowest BCUT2D eigenvalue weighted by molar-refractivity contribution is -0.131. The Bertz CT molecular complexity index is 979. The zero-order chi connectivity index (χ0) is 19.6. The van der Waals surface area contributed by atoms with Crippen molar-refractivity contribution in [2.24, 2.45) is 5.92 Å². The minimum atomic E-state index is -4.25. The van der Waals surface area contributed by atoms with Crippen molar-refractivity contribution in [2.75, 3.05) is 13.1 Å². The molecule has 1 atom stereocenters. The average Bonchev–Trinajstić information content (AvgIpc) is 2.77. The van der Waals surface area contributed by atoms with E-state index in [2.05, 4.69) is 5.32 Å². The highest BCUT2D eigenvalue weighted by molar-refractivity contribution is 7.89. The Labute approximate surface area is 161 Å². The van der Waals surface area contributed by atoms with E-state index in [1.807, 2.05) is 0 Å². The van der Waals surface area contributed by atoms with E-state index in [4.69, 9.17) is 11.6 Å². The topological polar surface area (TPSA) is 83.6 Å². The van der Waals surface area contributed by atoms with Gasteiger partial charge in [-0.15, -0.1) is 0 Å². The predicted octanol–water partition coefficient (Wildman–Crippen LogP) is 1.99. The number of hydrogen-bond acceptors (Lipinski definition) is 4. The molecular weight excluding hydrogens is 395 g/mol. The van der Waals surface area contributed by atoms with Crippen molar-refractivity contribution in [3.63, 3.8) is 0 Å². The molecule has 1 heterocycles. The van der Waals surface area contributed by atoms with E-state index in [1.54, 1.807) is 6.07 Å². The molecule has 0 aliphatic carbocycles. The van der Waals surface area contributed by atoms with Crippen molar-refractivity contribution in [1.29, 1.82) is 0 Å². The summed E-state index contributed by atoms with van der Waals surface area (Å²) in [6.07, 6.45) is -0.0293. The van der Waals surface area contributed by atoms with Crippen LogP contribution in [-0.4, -0.2) is 37.6 Å². The van der Waals surface area contributed by atoms with Crippen LogP contribution in [0.2, 0.25) is 5.02 Å². The number of nitrogens with one attached hydrogen (secondary N) is 1. The van der Waals surface area contributed by atoms with Gasteiger partial charge in [0.1, 0.15) is 12.4 Å². The molecule has 1 aliphatic rings. The fourth-order valence-electron chi connectivity index (χ4n) is 2.82. The Morgan fingerprint density at radius 1 is 1.11 bits per heavy atom. The summed E-state index contributed by atoms with van der Waals surface area (Å²) in [7, 11) is -4.25. The SMILES string of the molecule is O=C1CN(S(=O)(=O)c2ccc(Cl)cc2)C(=O)C(Cc2ccccc2F)CN1. The van der Waals surface area contributed by atoms with E-state index in [0.717, 1.165) is 0 Å². The maximum absolute atomic E-state index is 13.9. The summed E-state index contributed by atoms with van der Waals surface area (Å²) in [6.45, 7) is -0.698. The minimum absolute atomic E-state index is 0.0293. The van der Waals surface area contributed by atoms with E-state index >= 15 is 0 Å². The molecule has 2 amide bonds. The van der Waals surface area contributed by atoms with Gasteiger partial charge in [-0.05, 0) is 42.3 Å². The van der Waals surface area contributed by atoms with Crippen LogP contribution in [0, 0.1) is 11.7 Å². The largest absolute Gasteiger partial charge is 0.354 e. The van der Waals surface area contributed by atoms with Crippen LogP contribution in [0.15, 0.2) is 53.4 Å². The first-order valence-corrected chi connectivity index (χ1v) is 9.93. The van der Waals surface area contributed by atoms with Crippen LogP contribution in [0.5, 0.6) is 0 Å². The minimum Gasteiger partial charge on any atom is -0.354 e. The zero-order valence-electron chi connectivity index (χ0n) is 14.1. The van der Waals surface area contributed by atoms with Gasteiger partial charge in [0.05, 0.1) is 10.8 Å². The molecule has 0 aromatic heterocycles. The molecule has 142 valence electrons.